The molecule has 1 N–H and O–H groups in total. The zero-order valence-corrected chi connectivity index (χ0v) is 13.4. The molecule has 0 aliphatic carbocycles. The number of hydrogen-bond donors (Lipinski definition) is 1. The van der Waals surface area contributed by atoms with Gasteiger partial charge in [0.25, 0.3) is 5.91 Å². The molecule has 0 saturated heterocycles. The van der Waals surface area contributed by atoms with Gasteiger partial charge in [-0.15, -0.1) is 0 Å². The molecule has 4 nitrogen and oxygen atoms in total. The Morgan fingerprint density at radius 1 is 1.36 bits per heavy atom. The third-order valence-corrected chi connectivity index (χ3v) is 3.25. The zero-order valence-electron chi connectivity index (χ0n) is 11.8. The van der Waals surface area contributed by atoms with Gasteiger partial charge in [0, 0.05) is 10.0 Å². The summed E-state index contributed by atoms with van der Waals surface area (Å²) in [5.74, 6) is -0.375. The minimum Gasteiger partial charge on any atom is -0.493 e. The van der Waals surface area contributed by atoms with Gasteiger partial charge in [-0.25, -0.2) is 9.82 Å². The van der Waals surface area contributed by atoms with E-state index in [-0.39, 0.29) is 0 Å². The molecular weight excluding hydrogens is 351 g/mol. The van der Waals surface area contributed by atoms with Gasteiger partial charge in [-0.2, -0.15) is 5.10 Å². The second-order valence-electron chi connectivity index (χ2n) is 4.29. The maximum atomic E-state index is 13.4. The molecule has 0 fully saturated rings. The second kappa shape index (κ2) is 7.70. The van der Waals surface area contributed by atoms with E-state index in [0.29, 0.717) is 23.5 Å². The van der Waals surface area contributed by atoms with Crippen molar-refractivity contribution in [1.82, 2.24) is 5.43 Å². The fraction of sp³-hybridized carbons (Fsp3) is 0.125. The van der Waals surface area contributed by atoms with Gasteiger partial charge in [0.15, 0.2) is 0 Å². The third-order valence-electron chi connectivity index (χ3n) is 2.76. The van der Waals surface area contributed by atoms with Crippen LogP contribution in [-0.4, -0.2) is 18.7 Å². The molecule has 0 unspecified atom stereocenters. The molecule has 0 aliphatic rings. The first-order chi connectivity index (χ1) is 10.6. The van der Waals surface area contributed by atoms with Crippen LogP contribution in [0.25, 0.3) is 0 Å². The van der Waals surface area contributed by atoms with Crippen molar-refractivity contribution in [3.05, 3.63) is 63.9 Å². The highest BCUT2D eigenvalue weighted by molar-refractivity contribution is 9.10. The Morgan fingerprint density at radius 2 is 2.14 bits per heavy atom. The zero-order chi connectivity index (χ0) is 15.9. The summed E-state index contributed by atoms with van der Waals surface area (Å²) in [5.41, 5.74) is 3.01. The van der Waals surface area contributed by atoms with E-state index in [9.17, 15) is 9.18 Å². The average molecular weight is 365 g/mol. The summed E-state index contributed by atoms with van der Waals surface area (Å²) in [4.78, 5) is 12.1. The summed E-state index contributed by atoms with van der Waals surface area (Å²) >= 11 is 3.31. The van der Waals surface area contributed by atoms with Crippen molar-refractivity contribution < 1.29 is 13.9 Å². The Morgan fingerprint density at radius 3 is 2.86 bits per heavy atom. The molecule has 6 heteroatoms. The molecule has 2 aromatic rings. The van der Waals surface area contributed by atoms with Gasteiger partial charge in [0.2, 0.25) is 0 Å². The van der Waals surface area contributed by atoms with Gasteiger partial charge < -0.3 is 4.74 Å². The quantitative estimate of drug-likeness (QED) is 0.648. The van der Waals surface area contributed by atoms with E-state index in [4.69, 9.17) is 4.74 Å². The fourth-order valence-corrected chi connectivity index (χ4v) is 2.12. The first-order valence-corrected chi connectivity index (χ1v) is 7.41. The highest BCUT2D eigenvalue weighted by atomic mass is 79.9. The summed E-state index contributed by atoms with van der Waals surface area (Å²) in [6.45, 7) is 2.28. The number of ether oxygens (including phenoxy) is 1. The molecule has 2 rings (SSSR count). The highest BCUT2D eigenvalue weighted by Gasteiger charge is 2.12. The lowest BCUT2D eigenvalue weighted by Gasteiger charge is -2.09. The Labute approximate surface area is 136 Å². The number of nitrogens with zero attached hydrogens (tertiary/aromatic N) is 1. The summed E-state index contributed by atoms with van der Waals surface area (Å²) in [6, 6.07) is 11.3. The van der Waals surface area contributed by atoms with Crippen LogP contribution in [0.2, 0.25) is 0 Å². The molecule has 0 aromatic heterocycles. The summed E-state index contributed by atoms with van der Waals surface area (Å²) < 4.78 is 19.6. The molecule has 2 aromatic carbocycles. The lowest BCUT2D eigenvalue weighted by molar-refractivity contribution is 0.0951. The standard InChI is InChI=1S/C16H14BrFN2O2/c1-2-22-15-8-7-12(17)9-13(15)16(21)20-19-10-11-5-3-4-6-14(11)18/h3-10H,2H2,1H3,(H,20,21)/b19-10-. The number of hydrogen-bond acceptors (Lipinski definition) is 3. The van der Waals surface area contributed by atoms with Crippen molar-refractivity contribution in [3.63, 3.8) is 0 Å². The first kappa shape index (κ1) is 16.2. The number of rotatable bonds is 5. The molecule has 0 spiro atoms. The Balaban J connectivity index is 2.12. The van der Waals surface area contributed by atoms with Gasteiger partial charge in [0.1, 0.15) is 11.6 Å². The van der Waals surface area contributed by atoms with Gasteiger partial charge in [0.05, 0.1) is 18.4 Å². The van der Waals surface area contributed by atoms with Crippen LogP contribution in [0.1, 0.15) is 22.8 Å². The van der Waals surface area contributed by atoms with E-state index < -0.39 is 11.7 Å². The SMILES string of the molecule is CCOc1ccc(Br)cc1C(=O)N/N=C\c1ccccc1F. The average Bonchev–Trinajstić information content (AvgIpc) is 2.51. The smallest absolute Gasteiger partial charge is 0.275 e. The lowest BCUT2D eigenvalue weighted by atomic mass is 10.2. The number of hydrazone groups is 1. The van der Waals surface area contributed by atoms with E-state index in [0.717, 1.165) is 4.47 Å². The molecule has 0 bridgehead atoms. The number of halogens is 2. The number of benzene rings is 2. The number of carbonyl (C=O) groups is 1. The number of carbonyl (C=O) groups excluding carboxylic acids is 1. The normalized spacial score (nSPS) is 10.7. The molecule has 0 aliphatic heterocycles. The Hall–Kier alpha value is -2.21. The van der Waals surface area contributed by atoms with Crippen molar-refractivity contribution in [2.24, 2.45) is 5.10 Å². The fourth-order valence-electron chi connectivity index (χ4n) is 1.76. The molecule has 0 saturated carbocycles. The van der Waals surface area contributed by atoms with Crippen molar-refractivity contribution >= 4 is 28.1 Å². The molecule has 0 atom stereocenters. The predicted octanol–water partition coefficient (Wildman–Crippen LogP) is 3.75. The van der Waals surface area contributed by atoms with Gasteiger partial charge in [-0.05, 0) is 31.2 Å². The van der Waals surface area contributed by atoms with Crippen LogP contribution in [0.15, 0.2) is 52.0 Å². The van der Waals surface area contributed by atoms with Crippen molar-refractivity contribution in [2.45, 2.75) is 6.92 Å². The van der Waals surface area contributed by atoms with Crippen LogP contribution in [0.3, 0.4) is 0 Å². The van der Waals surface area contributed by atoms with Crippen LogP contribution in [-0.2, 0) is 0 Å². The van der Waals surface area contributed by atoms with E-state index >= 15 is 0 Å². The van der Waals surface area contributed by atoms with E-state index in [1.54, 1.807) is 36.4 Å². The van der Waals surface area contributed by atoms with Crippen molar-refractivity contribution in [2.75, 3.05) is 6.61 Å². The van der Waals surface area contributed by atoms with Crippen LogP contribution in [0.5, 0.6) is 5.75 Å². The topological polar surface area (TPSA) is 50.7 Å². The maximum absolute atomic E-state index is 13.4. The first-order valence-electron chi connectivity index (χ1n) is 6.62. The largest absolute Gasteiger partial charge is 0.493 e. The molecule has 1 amide bonds. The molecule has 22 heavy (non-hydrogen) atoms. The van der Waals surface area contributed by atoms with Crippen LogP contribution >= 0.6 is 15.9 Å². The second-order valence-corrected chi connectivity index (χ2v) is 5.21. The summed E-state index contributed by atoms with van der Waals surface area (Å²) in [7, 11) is 0. The Kier molecular flexibility index (Phi) is 5.66. The summed E-state index contributed by atoms with van der Waals surface area (Å²) in [6.07, 6.45) is 1.26. The minimum absolute atomic E-state index is 0.294. The van der Waals surface area contributed by atoms with Gasteiger partial charge >= 0.3 is 0 Å². The summed E-state index contributed by atoms with van der Waals surface area (Å²) in [5, 5.41) is 3.77. The van der Waals surface area contributed by atoms with E-state index in [2.05, 4.69) is 26.5 Å². The Bertz CT molecular complexity index is 704. The van der Waals surface area contributed by atoms with Gasteiger partial charge in [-0.1, -0.05) is 34.1 Å². The third kappa shape index (κ3) is 4.14. The maximum Gasteiger partial charge on any atom is 0.275 e. The lowest BCUT2D eigenvalue weighted by Crippen LogP contribution is -2.19. The van der Waals surface area contributed by atoms with Crippen LogP contribution in [0.4, 0.5) is 4.39 Å². The molecule has 0 heterocycles. The minimum atomic E-state index is -0.433. The molecular formula is C16H14BrFN2O2. The monoisotopic (exact) mass is 364 g/mol. The van der Waals surface area contributed by atoms with Crippen molar-refractivity contribution in [1.29, 1.82) is 0 Å². The van der Waals surface area contributed by atoms with Gasteiger partial charge in [-0.3, -0.25) is 4.79 Å². The van der Waals surface area contributed by atoms with E-state index in [1.165, 1.54) is 12.3 Å². The predicted molar refractivity (Wildman–Crippen MR) is 86.8 cm³/mol. The molecule has 114 valence electrons. The number of nitrogens with one attached hydrogen (secondary N) is 1. The molecule has 0 radical (unpaired) electrons. The van der Waals surface area contributed by atoms with Crippen molar-refractivity contribution in [3.8, 4) is 5.75 Å². The highest BCUT2D eigenvalue weighted by Crippen LogP contribution is 2.23. The van der Waals surface area contributed by atoms with Crippen LogP contribution in [0, 0.1) is 5.82 Å². The van der Waals surface area contributed by atoms with Crippen LogP contribution < -0.4 is 10.2 Å². The number of amides is 1. The van der Waals surface area contributed by atoms with E-state index in [1.807, 2.05) is 6.92 Å².